The molecule has 148 valence electrons. The van der Waals surface area contributed by atoms with Crippen molar-refractivity contribution in [3.05, 3.63) is 59.7 Å². The Kier molecular flexibility index (Phi) is 6.69. The van der Waals surface area contributed by atoms with Crippen LogP contribution < -0.4 is 15.1 Å². The van der Waals surface area contributed by atoms with Crippen LogP contribution in [0.15, 0.2) is 48.5 Å². The Morgan fingerprint density at radius 1 is 1.04 bits per heavy atom. The maximum absolute atomic E-state index is 12.2. The van der Waals surface area contributed by atoms with E-state index in [9.17, 15) is 9.59 Å². The molecule has 2 aromatic carbocycles. The van der Waals surface area contributed by atoms with Crippen molar-refractivity contribution in [3.63, 3.8) is 0 Å². The van der Waals surface area contributed by atoms with E-state index < -0.39 is 0 Å². The van der Waals surface area contributed by atoms with Crippen molar-refractivity contribution in [3.8, 4) is 0 Å². The molecule has 0 saturated carbocycles. The topological polar surface area (TPSA) is 52.7 Å². The first-order valence-corrected chi connectivity index (χ1v) is 9.99. The molecule has 1 fully saturated rings. The molecule has 0 spiro atoms. The normalized spacial score (nSPS) is 13.4. The number of amides is 2. The van der Waals surface area contributed by atoms with Gasteiger partial charge in [-0.15, -0.1) is 0 Å². The van der Waals surface area contributed by atoms with E-state index in [0.29, 0.717) is 19.5 Å². The van der Waals surface area contributed by atoms with E-state index in [2.05, 4.69) is 22.3 Å². The van der Waals surface area contributed by atoms with Crippen molar-refractivity contribution in [1.29, 1.82) is 0 Å². The second kappa shape index (κ2) is 9.40. The summed E-state index contributed by atoms with van der Waals surface area (Å²) in [7, 11) is 0. The monoisotopic (exact) mass is 379 g/mol. The Morgan fingerprint density at radius 2 is 1.71 bits per heavy atom. The van der Waals surface area contributed by atoms with Crippen LogP contribution in [0, 0.1) is 6.92 Å². The van der Waals surface area contributed by atoms with Crippen molar-refractivity contribution in [2.24, 2.45) is 0 Å². The summed E-state index contributed by atoms with van der Waals surface area (Å²) in [6.07, 6.45) is 2.84. The standard InChI is InChI=1S/C23H29N3O2/c1-18-7-3-4-8-20(18)17-23(28)24-13-16-26(19(2)27)22-11-9-21(10-12-22)25-14-5-6-15-25/h3-4,7-12H,5-6,13-17H2,1-2H3,(H,24,28). The third-order valence-corrected chi connectivity index (χ3v) is 5.28. The molecule has 5 heteroatoms. The van der Waals surface area contributed by atoms with Crippen molar-refractivity contribution in [2.75, 3.05) is 36.0 Å². The Hall–Kier alpha value is -2.82. The second-order valence-electron chi connectivity index (χ2n) is 7.33. The lowest BCUT2D eigenvalue weighted by atomic mass is 10.1. The summed E-state index contributed by atoms with van der Waals surface area (Å²) < 4.78 is 0. The van der Waals surface area contributed by atoms with Gasteiger partial charge >= 0.3 is 0 Å². The zero-order valence-electron chi connectivity index (χ0n) is 16.8. The fourth-order valence-electron chi connectivity index (χ4n) is 3.64. The number of hydrogen-bond donors (Lipinski definition) is 1. The summed E-state index contributed by atoms with van der Waals surface area (Å²) in [6, 6.07) is 16.0. The molecule has 0 bridgehead atoms. The van der Waals surface area contributed by atoms with Gasteiger partial charge in [0, 0.05) is 44.5 Å². The smallest absolute Gasteiger partial charge is 0.224 e. The van der Waals surface area contributed by atoms with Crippen LogP contribution in [0.2, 0.25) is 0 Å². The van der Waals surface area contributed by atoms with Gasteiger partial charge in [0.1, 0.15) is 0 Å². The number of anilines is 2. The zero-order chi connectivity index (χ0) is 19.9. The number of rotatable bonds is 7. The summed E-state index contributed by atoms with van der Waals surface area (Å²) in [6.45, 7) is 6.65. The zero-order valence-corrected chi connectivity index (χ0v) is 16.8. The number of benzene rings is 2. The van der Waals surface area contributed by atoms with Crippen LogP contribution in [-0.2, 0) is 16.0 Å². The minimum absolute atomic E-state index is 0.0258. The lowest BCUT2D eigenvalue weighted by Gasteiger charge is -2.23. The third-order valence-electron chi connectivity index (χ3n) is 5.28. The highest BCUT2D eigenvalue weighted by molar-refractivity contribution is 5.91. The van der Waals surface area contributed by atoms with Gasteiger partial charge in [0.15, 0.2) is 0 Å². The van der Waals surface area contributed by atoms with Crippen LogP contribution in [0.3, 0.4) is 0 Å². The molecule has 1 N–H and O–H groups in total. The van der Waals surface area contributed by atoms with Gasteiger partial charge in [-0.2, -0.15) is 0 Å². The van der Waals surface area contributed by atoms with Crippen molar-refractivity contribution in [2.45, 2.75) is 33.1 Å². The lowest BCUT2D eigenvalue weighted by Crippen LogP contribution is -2.38. The highest BCUT2D eigenvalue weighted by Gasteiger charge is 2.15. The molecular formula is C23H29N3O2. The third kappa shape index (κ3) is 5.12. The number of carbonyl (C=O) groups excluding carboxylic acids is 2. The molecule has 5 nitrogen and oxygen atoms in total. The van der Waals surface area contributed by atoms with Gasteiger partial charge in [-0.25, -0.2) is 0 Å². The molecule has 0 unspecified atom stereocenters. The van der Waals surface area contributed by atoms with Crippen LogP contribution in [0.5, 0.6) is 0 Å². The largest absolute Gasteiger partial charge is 0.372 e. The van der Waals surface area contributed by atoms with E-state index in [4.69, 9.17) is 0 Å². The van der Waals surface area contributed by atoms with E-state index in [1.54, 1.807) is 11.8 Å². The van der Waals surface area contributed by atoms with Gasteiger partial charge in [0.05, 0.1) is 6.42 Å². The molecule has 2 aromatic rings. The highest BCUT2D eigenvalue weighted by Crippen LogP contribution is 2.24. The van der Waals surface area contributed by atoms with Crippen LogP contribution in [0.25, 0.3) is 0 Å². The van der Waals surface area contributed by atoms with Gasteiger partial charge in [0.25, 0.3) is 0 Å². The van der Waals surface area contributed by atoms with Crippen molar-refractivity contribution in [1.82, 2.24) is 5.32 Å². The fourth-order valence-corrected chi connectivity index (χ4v) is 3.64. The van der Waals surface area contributed by atoms with Gasteiger partial charge in [-0.3, -0.25) is 9.59 Å². The quantitative estimate of drug-likeness (QED) is 0.803. The Labute approximate surface area is 167 Å². The Morgan fingerprint density at radius 3 is 2.36 bits per heavy atom. The highest BCUT2D eigenvalue weighted by atomic mass is 16.2. The maximum atomic E-state index is 12.2. The Bertz CT molecular complexity index is 811. The molecule has 1 aliphatic rings. The predicted molar refractivity (Wildman–Crippen MR) is 114 cm³/mol. The molecule has 2 amide bonds. The molecular weight excluding hydrogens is 350 g/mol. The summed E-state index contributed by atoms with van der Waals surface area (Å²) in [5, 5.41) is 2.93. The van der Waals surface area contributed by atoms with E-state index in [1.807, 2.05) is 43.3 Å². The first-order chi connectivity index (χ1) is 13.5. The summed E-state index contributed by atoms with van der Waals surface area (Å²) >= 11 is 0. The first kappa shape index (κ1) is 19.9. The average Bonchev–Trinajstić information content (AvgIpc) is 3.22. The fraction of sp³-hybridized carbons (Fsp3) is 0.391. The molecule has 0 aliphatic carbocycles. The molecule has 0 radical (unpaired) electrons. The summed E-state index contributed by atoms with van der Waals surface area (Å²) in [5.41, 5.74) is 4.21. The first-order valence-electron chi connectivity index (χ1n) is 9.99. The maximum Gasteiger partial charge on any atom is 0.224 e. The Balaban J connectivity index is 1.54. The van der Waals surface area contributed by atoms with Gasteiger partial charge in [0.2, 0.25) is 11.8 Å². The number of nitrogens with one attached hydrogen (secondary N) is 1. The van der Waals surface area contributed by atoms with Crippen LogP contribution >= 0.6 is 0 Å². The molecule has 0 aromatic heterocycles. The number of carbonyl (C=O) groups is 2. The molecule has 28 heavy (non-hydrogen) atoms. The van der Waals surface area contributed by atoms with E-state index >= 15 is 0 Å². The molecule has 0 atom stereocenters. The van der Waals surface area contributed by atoms with Crippen molar-refractivity contribution < 1.29 is 9.59 Å². The van der Waals surface area contributed by atoms with Gasteiger partial charge in [-0.05, 0) is 55.2 Å². The van der Waals surface area contributed by atoms with E-state index in [0.717, 1.165) is 29.9 Å². The molecule has 1 aliphatic heterocycles. The second-order valence-corrected chi connectivity index (χ2v) is 7.33. The summed E-state index contributed by atoms with van der Waals surface area (Å²) in [4.78, 5) is 28.4. The molecule has 1 saturated heterocycles. The van der Waals surface area contributed by atoms with Gasteiger partial charge in [-0.1, -0.05) is 24.3 Å². The number of nitrogens with zero attached hydrogens (tertiary/aromatic N) is 2. The minimum atomic E-state index is -0.0259. The molecule has 3 rings (SSSR count). The number of aryl methyl sites for hydroxylation is 1. The van der Waals surface area contributed by atoms with Crippen LogP contribution in [-0.4, -0.2) is 38.0 Å². The number of hydrogen-bond acceptors (Lipinski definition) is 3. The predicted octanol–water partition coefficient (Wildman–Crippen LogP) is 3.31. The minimum Gasteiger partial charge on any atom is -0.372 e. The molecule has 1 heterocycles. The lowest BCUT2D eigenvalue weighted by molar-refractivity contribution is -0.121. The summed E-state index contributed by atoms with van der Waals surface area (Å²) in [5.74, 6) is -0.0516. The van der Waals surface area contributed by atoms with Crippen LogP contribution in [0.4, 0.5) is 11.4 Å². The van der Waals surface area contributed by atoms with Crippen LogP contribution in [0.1, 0.15) is 30.9 Å². The average molecular weight is 380 g/mol. The van der Waals surface area contributed by atoms with E-state index in [-0.39, 0.29) is 11.8 Å². The van der Waals surface area contributed by atoms with Crippen molar-refractivity contribution >= 4 is 23.2 Å². The van der Waals surface area contributed by atoms with E-state index in [1.165, 1.54) is 18.5 Å². The van der Waals surface area contributed by atoms with Gasteiger partial charge < -0.3 is 15.1 Å². The SMILES string of the molecule is CC(=O)N(CCNC(=O)Cc1ccccc1C)c1ccc(N2CCCC2)cc1.